The highest BCUT2D eigenvalue weighted by Gasteiger charge is 2.09. The monoisotopic (exact) mass is 399 g/mol. The number of nitrogens with zero attached hydrogens (tertiary/aromatic N) is 2. The molecule has 0 bridgehead atoms. The topological polar surface area (TPSA) is 82.6 Å². The van der Waals surface area contributed by atoms with E-state index in [4.69, 9.17) is 14.2 Å². The van der Waals surface area contributed by atoms with E-state index < -0.39 is 0 Å². The van der Waals surface area contributed by atoms with Crippen LogP contribution < -0.4 is 19.5 Å². The number of ether oxygens (including phenoxy) is 3. The highest BCUT2D eigenvalue weighted by atomic mass is 32.1. The molecule has 146 valence electrons. The molecule has 0 aliphatic rings. The summed E-state index contributed by atoms with van der Waals surface area (Å²) in [6.45, 7) is 2.38. The molecule has 1 N–H and O–H groups in total. The van der Waals surface area contributed by atoms with Gasteiger partial charge in [0.25, 0.3) is 5.91 Å². The van der Waals surface area contributed by atoms with Crippen molar-refractivity contribution in [1.29, 1.82) is 0 Å². The summed E-state index contributed by atoms with van der Waals surface area (Å²) in [4.78, 5) is 12.0. The molecular formula is C20H21N3O4S. The van der Waals surface area contributed by atoms with E-state index in [1.807, 2.05) is 31.2 Å². The van der Waals surface area contributed by atoms with E-state index in [1.54, 1.807) is 31.4 Å². The number of benzene rings is 2. The Morgan fingerprint density at radius 1 is 1.04 bits per heavy atom. The van der Waals surface area contributed by atoms with Crippen molar-refractivity contribution in [2.45, 2.75) is 13.3 Å². The molecule has 7 nitrogen and oxygen atoms in total. The highest BCUT2D eigenvalue weighted by molar-refractivity contribution is 7.15. The van der Waals surface area contributed by atoms with Crippen LogP contribution >= 0.6 is 11.3 Å². The van der Waals surface area contributed by atoms with Crippen molar-refractivity contribution < 1.29 is 19.0 Å². The summed E-state index contributed by atoms with van der Waals surface area (Å²) in [5, 5.41) is 12.0. The second-order valence-electron chi connectivity index (χ2n) is 5.93. The van der Waals surface area contributed by atoms with Crippen LogP contribution in [-0.4, -0.2) is 36.4 Å². The Balaban J connectivity index is 1.42. The van der Waals surface area contributed by atoms with Gasteiger partial charge in [0.2, 0.25) is 5.13 Å². The fourth-order valence-corrected chi connectivity index (χ4v) is 3.10. The molecule has 3 aromatic rings. The minimum absolute atomic E-state index is 0.126. The van der Waals surface area contributed by atoms with Gasteiger partial charge in [-0.2, -0.15) is 0 Å². The standard InChI is InChI=1S/C20H21N3O4S/c1-14-5-3-7-16(11-14)26-10-9-19-22-23-20(28-19)21-18(24)13-27-17-8-4-6-15(12-17)25-2/h3-8,11-12H,9-10,13H2,1-2H3,(H,21,23,24). The number of methoxy groups -OCH3 is 1. The zero-order valence-corrected chi connectivity index (χ0v) is 16.5. The third kappa shape index (κ3) is 5.95. The minimum atomic E-state index is -0.304. The van der Waals surface area contributed by atoms with Gasteiger partial charge < -0.3 is 14.2 Å². The van der Waals surface area contributed by atoms with Crippen LogP contribution in [0.15, 0.2) is 48.5 Å². The smallest absolute Gasteiger partial charge is 0.264 e. The van der Waals surface area contributed by atoms with E-state index in [0.717, 1.165) is 16.3 Å². The first-order chi connectivity index (χ1) is 13.6. The molecule has 0 aliphatic heterocycles. The second-order valence-corrected chi connectivity index (χ2v) is 6.99. The van der Waals surface area contributed by atoms with E-state index >= 15 is 0 Å². The first-order valence-corrected chi connectivity index (χ1v) is 9.52. The highest BCUT2D eigenvalue weighted by Crippen LogP contribution is 2.20. The maximum atomic E-state index is 12.0. The van der Waals surface area contributed by atoms with Crippen LogP contribution in [0.3, 0.4) is 0 Å². The molecule has 0 spiro atoms. The maximum absolute atomic E-state index is 12.0. The number of hydrogen-bond acceptors (Lipinski definition) is 7. The fourth-order valence-electron chi connectivity index (χ4n) is 2.36. The zero-order valence-electron chi connectivity index (χ0n) is 15.7. The average molecular weight is 399 g/mol. The molecule has 0 atom stereocenters. The van der Waals surface area contributed by atoms with Crippen LogP contribution in [0.25, 0.3) is 0 Å². The number of aromatic nitrogens is 2. The number of anilines is 1. The van der Waals surface area contributed by atoms with Crippen molar-refractivity contribution in [2.75, 3.05) is 25.6 Å². The van der Waals surface area contributed by atoms with E-state index in [9.17, 15) is 4.79 Å². The lowest BCUT2D eigenvalue weighted by Gasteiger charge is -2.07. The van der Waals surface area contributed by atoms with Crippen LogP contribution in [-0.2, 0) is 11.2 Å². The van der Waals surface area contributed by atoms with Gasteiger partial charge in [0.1, 0.15) is 22.3 Å². The number of amides is 1. The Hall–Kier alpha value is -3.13. The molecule has 0 saturated heterocycles. The summed E-state index contributed by atoms with van der Waals surface area (Å²) in [7, 11) is 1.57. The van der Waals surface area contributed by atoms with Crippen molar-refractivity contribution in [1.82, 2.24) is 10.2 Å². The number of carbonyl (C=O) groups excluding carboxylic acids is 1. The molecule has 0 fully saturated rings. The Morgan fingerprint density at radius 3 is 2.57 bits per heavy atom. The first-order valence-electron chi connectivity index (χ1n) is 8.71. The maximum Gasteiger partial charge on any atom is 0.264 e. The summed E-state index contributed by atoms with van der Waals surface area (Å²) in [5.41, 5.74) is 1.15. The predicted molar refractivity (Wildman–Crippen MR) is 107 cm³/mol. The lowest BCUT2D eigenvalue weighted by molar-refractivity contribution is -0.118. The average Bonchev–Trinajstić information content (AvgIpc) is 3.14. The molecule has 0 unspecified atom stereocenters. The second kappa shape index (κ2) is 9.70. The largest absolute Gasteiger partial charge is 0.497 e. The molecule has 0 radical (unpaired) electrons. The van der Waals surface area contributed by atoms with E-state index in [1.165, 1.54) is 11.3 Å². The van der Waals surface area contributed by atoms with Gasteiger partial charge in [-0.25, -0.2) is 0 Å². The van der Waals surface area contributed by atoms with E-state index in [0.29, 0.717) is 29.7 Å². The Bertz CT molecular complexity index is 929. The van der Waals surface area contributed by atoms with Crippen molar-refractivity contribution >= 4 is 22.4 Å². The molecule has 1 aromatic heterocycles. The van der Waals surface area contributed by atoms with Crippen molar-refractivity contribution in [3.63, 3.8) is 0 Å². The molecular weight excluding hydrogens is 378 g/mol. The van der Waals surface area contributed by atoms with Crippen molar-refractivity contribution in [3.8, 4) is 17.2 Å². The first kappa shape index (κ1) is 19.6. The van der Waals surface area contributed by atoms with E-state index in [2.05, 4.69) is 15.5 Å². The minimum Gasteiger partial charge on any atom is -0.497 e. The SMILES string of the molecule is COc1cccc(OCC(=O)Nc2nnc(CCOc3cccc(C)c3)s2)c1. The van der Waals surface area contributed by atoms with Crippen LogP contribution in [0.4, 0.5) is 5.13 Å². The van der Waals surface area contributed by atoms with Gasteiger partial charge in [-0.05, 0) is 36.8 Å². The summed E-state index contributed by atoms with van der Waals surface area (Å²) in [6.07, 6.45) is 0.613. The van der Waals surface area contributed by atoms with E-state index in [-0.39, 0.29) is 12.5 Å². The number of nitrogens with one attached hydrogen (secondary N) is 1. The molecule has 0 saturated carbocycles. The van der Waals surface area contributed by atoms with Gasteiger partial charge >= 0.3 is 0 Å². The van der Waals surface area contributed by atoms with Crippen molar-refractivity contribution in [3.05, 3.63) is 59.1 Å². The number of aryl methyl sites for hydroxylation is 1. The molecule has 1 amide bonds. The molecule has 1 heterocycles. The van der Waals surface area contributed by atoms with Gasteiger partial charge in [0.15, 0.2) is 6.61 Å². The quantitative estimate of drug-likeness (QED) is 0.593. The Morgan fingerprint density at radius 2 is 1.79 bits per heavy atom. The normalized spacial score (nSPS) is 10.4. The lowest BCUT2D eigenvalue weighted by Crippen LogP contribution is -2.20. The molecule has 0 aliphatic carbocycles. The van der Waals surface area contributed by atoms with Crippen LogP contribution in [0, 0.1) is 6.92 Å². The summed E-state index contributed by atoms with van der Waals surface area (Å²) in [5.74, 6) is 1.74. The third-order valence-corrected chi connectivity index (χ3v) is 4.60. The molecule has 2 aromatic carbocycles. The van der Waals surface area contributed by atoms with Gasteiger partial charge in [-0.1, -0.05) is 29.5 Å². The summed E-state index contributed by atoms with van der Waals surface area (Å²) in [6, 6.07) is 14.9. The third-order valence-electron chi connectivity index (χ3n) is 3.70. The van der Waals surface area contributed by atoms with Gasteiger partial charge in [0, 0.05) is 12.5 Å². The Kier molecular flexibility index (Phi) is 6.80. The molecule has 8 heteroatoms. The fraction of sp³-hybridized carbons (Fsp3) is 0.250. The molecule has 3 rings (SSSR count). The summed E-state index contributed by atoms with van der Waals surface area (Å²) >= 11 is 1.32. The Labute approximate surface area is 167 Å². The zero-order chi connectivity index (χ0) is 19.8. The lowest BCUT2D eigenvalue weighted by atomic mass is 10.2. The summed E-state index contributed by atoms with van der Waals surface area (Å²) < 4.78 is 16.3. The van der Waals surface area contributed by atoms with Crippen molar-refractivity contribution in [2.24, 2.45) is 0 Å². The predicted octanol–water partition coefficient (Wildman–Crippen LogP) is 3.49. The number of hydrogen-bond donors (Lipinski definition) is 1. The van der Waals surface area contributed by atoms with Gasteiger partial charge in [0.05, 0.1) is 13.7 Å². The van der Waals surface area contributed by atoms with Crippen LogP contribution in [0.5, 0.6) is 17.2 Å². The number of carbonyl (C=O) groups is 1. The van der Waals surface area contributed by atoms with Crippen LogP contribution in [0.2, 0.25) is 0 Å². The van der Waals surface area contributed by atoms with Gasteiger partial charge in [-0.15, -0.1) is 10.2 Å². The van der Waals surface area contributed by atoms with Gasteiger partial charge in [-0.3, -0.25) is 10.1 Å². The van der Waals surface area contributed by atoms with Crippen LogP contribution in [0.1, 0.15) is 10.6 Å². The molecule has 28 heavy (non-hydrogen) atoms. The number of rotatable bonds is 9.